The molecule has 6 heteroatoms. The fourth-order valence-electron chi connectivity index (χ4n) is 2.04. The van der Waals surface area contributed by atoms with Crippen molar-refractivity contribution in [3.8, 4) is 5.75 Å². The molecule has 0 radical (unpaired) electrons. The van der Waals surface area contributed by atoms with E-state index in [1.807, 2.05) is 6.07 Å². The van der Waals surface area contributed by atoms with E-state index in [1.165, 1.54) is 24.3 Å². The van der Waals surface area contributed by atoms with Gasteiger partial charge >= 0.3 is 11.9 Å². The number of rotatable bonds is 5. The van der Waals surface area contributed by atoms with Gasteiger partial charge in [0.1, 0.15) is 12.4 Å². The number of phenolic OH excluding ortho intramolecular Hbond substituents is 1. The van der Waals surface area contributed by atoms with Crippen LogP contribution < -0.4 is 5.73 Å². The summed E-state index contributed by atoms with van der Waals surface area (Å²) in [7, 11) is 1.13. The van der Waals surface area contributed by atoms with Crippen molar-refractivity contribution in [2.24, 2.45) is 5.73 Å². The minimum Gasteiger partial charge on any atom is -0.508 e. The summed E-state index contributed by atoms with van der Waals surface area (Å²) in [5, 5.41) is 9.34. The van der Waals surface area contributed by atoms with Gasteiger partial charge in [-0.25, -0.2) is 9.59 Å². The summed E-state index contributed by atoms with van der Waals surface area (Å²) in [6.07, 6.45) is 0. The molecule has 0 bridgehead atoms. The van der Waals surface area contributed by atoms with Gasteiger partial charge in [-0.05, 0) is 23.3 Å². The number of phenols is 1. The number of hydrogen-bond acceptors (Lipinski definition) is 6. The average Bonchev–Trinajstić information content (AvgIpc) is 2.59. The maximum Gasteiger partial charge on any atom is 0.342 e. The normalized spacial score (nSPS) is 13.0. The highest BCUT2D eigenvalue weighted by atomic mass is 16.6. The smallest absolute Gasteiger partial charge is 0.342 e. The van der Waals surface area contributed by atoms with E-state index in [2.05, 4.69) is 4.74 Å². The van der Waals surface area contributed by atoms with Gasteiger partial charge in [-0.3, -0.25) is 0 Å². The zero-order valence-corrected chi connectivity index (χ0v) is 12.6. The summed E-state index contributed by atoms with van der Waals surface area (Å²) in [4.78, 5) is 24.5. The number of hydrogen-bond donors (Lipinski definition) is 2. The lowest BCUT2D eigenvalue weighted by molar-refractivity contribution is -0.164. The second-order valence-electron chi connectivity index (χ2n) is 4.91. The Balaban J connectivity index is 2.25. The maximum atomic E-state index is 12.4. The summed E-state index contributed by atoms with van der Waals surface area (Å²) in [5.74, 6) is -1.89. The van der Waals surface area contributed by atoms with Gasteiger partial charge in [0.15, 0.2) is 0 Å². The van der Waals surface area contributed by atoms with E-state index >= 15 is 0 Å². The van der Waals surface area contributed by atoms with Gasteiger partial charge in [0.25, 0.3) is 0 Å². The van der Waals surface area contributed by atoms with Crippen molar-refractivity contribution in [3.63, 3.8) is 0 Å². The Bertz CT molecular complexity index is 684. The van der Waals surface area contributed by atoms with Crippen molar-refractivity contribution in [3.05, 3.63) is 65.7 Å². The predicted molar refractivity (Wildman–Crippen MR) is 82.2 cm³/mol. The molecule has 0 saturated carbocycles. The first-order chi connectivity index (χ1) is 11.0. The largest absolute Gasteiger partial charge is 0.508 e. The lowest BCUT2D eigenvalue weighted by atomic mass is 9.91. The van der Waals surface area contributed by atoms with Crippen LogP contribution >= 0.6 is 0 Å². The SMILES string of the molecule is COC(=O)C(N)(C(=O)OCc1ccccc1)c1ccc(O)cc1. The van der Waals surface area contributed by atoms with Gasteiger partial charge in [-0.15, -0.1) is 0 Å². The van der Waals surface area contributed by atoms with Crippen molar-refractivity contribution < 1.29 is 24.2 Å². The molecule has 0 aliphatic heterocycles. The Kier molecular flexibility index (Phi) is 4.98. The molecule has 6 nitrogen and oxygen atoms in total. The molecule has 0 aliphatic carbocycles. The molecule has 23 heavy (non-hydrogen) atoms. The molecule has 0 aromatic heterocycles. The van der Waals surface area contributed by atoms with Crippen molar-refractivity contribution >= 4 is 11.9 Å². The van der Waals surface area contributed by atoms with Gasteiger partial charge in [0.05, 0.1) is 7.11 Å². The minimum absolute atomic E-state index is 0.0152. The van der Waals surface area contributed by atoms with Crippen LogP contribution in [0.4, 0.5) is 0 Å². The van der Waals surface area contributed by atoms with Gasteiger partial charge in [-0.1, -0.05) is 42.5 Å². The molecule has 2 aromatic rings. The van der Waals surface area contributed by atoms with E-state index in [0.29, 0.717) is 0 Å². The molecule has 0 heterocycles. The van der Waals surface area contributed by atoms with Crippen LogP contribution in [0, 0.1) is 0 Å². The van der Waals surface area contributed by atoms with E-state index in [9.17, 15) is 14.7 Å². The first-order valence-corrected chi connectivity index (χ1v) is 6.86. The minimum atomic E-state index is -2.10. The monoisotopic (exact) mass is 315 g/mol. The van der Waals surface area contributed by atoms with Crippen LogP contribution in [0.2, 0.25) is 0 Å². The fourth-order valence-corrected chi connectivity index (χ4v) is 2.04. The van der Waals surface area contributed by atoms with Crippen LogP contribution in [0.1, 0.15) is 11.1 Å². The molecule has 1 atom stereocenters. The topological polar surface area (TPSA) is 98.9 Å². The number of esters is 2. The first kappa shape index (κ1) is 16.5. The van der Waals surface area contributed by atoms with Crippen LogP contribution in [0.3, 0.4) is 0 Å². The number of nitrogens with two attached hydrogens (primary N) is 1. The standard InChI is InChI=1S/C17H17NO5/c1-22-15(20)17(18,13-7-9-14(19)10-8-13)16(21)23-11-12-5-3-2-4-6-12/h2-10,19H,11,18H2,1H3. The van der Waals surface area contributed by atoms with Crippen molar-refractivity contribution in [1.29, 1.82) is 0 Å². The number of carbonyl (C=O) groups is 2. The third-order valence-corrected chi connectivity index (χ3v) is 3.36. The molecular weight excluding hydrogens is 298 g/mol. The third-order valence-electron chi connectivity index (χ3n) is 3.36. The summed E-state index contributed by atoms with van der Waals surface area (Å²) >= 11 is 0. The Hall–Kier alpha value is -2.86. The zero-order chi connectivity index (χ0) is 16.9. The molecule has 2 rings (SSSR count). The molecule has 2 aromatic carbocycles. The lowest BCUT2D eigenvalue weighted by Crippen LogP contribution is -2.53. The van der Waals surface area contributed by atoms with Gasteiger partial charge in [0, 0.05) is 0 Å². The summed E-state index contributed by atoms with van der Waals surface area (Å²) in [5.41, 5.74) is 4.83. The predicted octanol–water partition coefficient (Wildman–Crippen LogP) is 1.46. The second-order valence-corrected chi connectivity index (χ2v) is 4.91. The van der Waals surface area contributed by atoms with Gasteiger partial charge in [-0.2, -0.15) is 0 Å². The van der Waals surface area contributed by atoms with E-state index in [0.717, 1.165) is 12.7 Å². The molecule has 120 valence electrons. The summed E-state index contributed by atoms with van der Waals surface area (Å²) in [6, 6.07) is 14.4. The Morgan fingerprint density at radius 1 is 1.04 bits per heavy atom. The molecule has 0 fully saturated rings. The molecule has 1 unspecified atom stereocenters. The number of ether oxygens (including phenoxy) is 2. The van der Waals surface area contributed by atoms with Crippen LogP contribution in [-0.4, -0.2) is 24.2 Å². The molecule has 3 N–H and O–H groups in total. The highest BCUT2D eigenvalue weighted by molar-refractivity contribution is 6.05. The lowest BCUT2D eigenvalue weighted by Gasteiger charge is -2.24. The van der Waals surface area contributed by atoms with Crippen LogP contribution in [-0.2, 0) is 31.2 Å². The van der Waals surface area contributed by atoms with Gasteiger partial charge < -0.3 is 20.3 Å². The Morgan fingerprint density at radius 2 is 1.65 bits per heavy atom. The van der Waals surface area contributed by atoms with E-state index in [1.54, 1.807) is 24.3 Å². The van der Waals surface area contributed by atoms with E-state index in [4.69, 9.17) is 10.5 Å². The molecule has 0 spiro atoms. The number of aromatic hydroxyl groups is 1. The maximum absolute atomic E-state index is 12.4. The van der Waals surface area contributed by atoms with Crippen LogP contribution in [0.5, 0.6) is 5.75 Å². The van der Waals surface area contributed by atoms with Gasteiger partial charge in [0.2, 0.25) is 5.54 Å². The van der Waals surface area contributed by atoms with Crippen molar-refractivity contribution in [2.45, 2.75) is 12.1 Å². The fraction of sp³-hybridized carbons (Fsp3) is 0.176. The van der Waals surface area contributed by atoms with E-state index in [-0.39, 0.29) is 17.9 Å². The zero-order valence-electron chi connectivity index (χ0n) is 12.6. The molecule has 0 saturated heterocycles. The second kappa shape index (κ2) is 6.93. The summed E-state index contributed by atoms with van der Waals surface area (Å²) in [6.45, 7) is -0.0201. The average molecular weight is 315 g/mol. The Morgan fingerprint density at radius 3 is 2.22 bits per heavy atom. The first-order valence-electron chi connectivity index (χ1n) is 6.86. The Labute approximate surface area is 133 Å². The van der Waals surface area contributed by atoms with E-state index < -0.39 is 17.5 Å². The van der Waals surface area contributed by atoms with Crippen molar-refractivity contribution in [2.75, 3.05) is 7.11 Å². The highest BCUT2D eigenvalue weighted by Crippen LogP contribution is 2.24. The molecule has 0 amide bonds. The van der Waals surface area contributed by atoms with Crippen molar-refractivity contribution in [1.82, 2.24) is 0 Å². The third kappa shape index (κ3) is 3.49. The summed E-state index contributed by atoms with van der Waals surface area (Å²) < 4.78 is 9.82. The molecular formula is C17H17NO5. The molecule has 0 aliphatic rings. The number of methoxy groups -OCH3 is 1. The number of carbonyl (C=O) groups excluding carboxylic acids is 2. The highest BCUT2D eigenvalue weighted by Gasteiger charge is 2.47. The van der Waals surface area contributed by atoms with Crippen LogP contribution in [0.25, 0.3) is 0 Å². The number of benzene rings is 2. The van der Waals surface area contributed by atoms with Crippen LogP contribution in [0.15, 0.2) is 54.6 Å². The quantitative estimate of drug-likeness (QED) is 0.640.